The molecule has 1 aliphatic heterocycles. The van der Waals surface area contributed by atoms with Gasteiger partial charge in [0.05, 0.1) is 23.5 Å². The van der Waals surface area contributed by atoms with E-state index in [1.54, 1.807) is 0 Å². The van der Waals surface area contributed by atoms with Crippen LogP contribution in [0.1, 0.15) is 18.0 Å². The second-order valence-electron chi connectivity index (χ2n) is 8.94. The molecule has 0 aliphatic carbocycles. The Balaban J connectivity index is 1.58. The number of aromatic amines is 1. The van der Waals surface area contributed by atoms with Crippen LogP contribution in [0.3, 0.4) is 0 Å². The van der Waals surface area contributed by atoms with E-state index >= 15 is 0 Å². The molecule has 0 saturated carbocycles. The molecule has 42 heavy (non-hydrogen) atoms. The summed E-state index contributed by atoms with van der Waals surface area (Å²) in [5, 5.41) is 45.8. The van der Waals surface area contributed by atoms with Gasteiger partial charge in [-0.05, 0) is 42.5 Å². The largest absolute Gasteiger partial charge is 0.573 e. The third kappa shape index (κ3) is 5.60. The van der Waals surface area contributed by atoms with Crippen LogP contribution in [-0.4, -0.2) is 76.4 Å². The first-order chi connectivity index (χ1) is 19.8. The van der Waals surface area contributed by atoms with E-state index in [9.17, 15) is 37.3 Å². The summed E-state index contributed by atoms with van der Waals surface area (Å²) in [6, 6.07) is 3.99. The molecule has 19 heteroatoms. The number of nitrogens with one attached hydrogen (secondary N) is 1. The average molecular weight is 655 g/mol. The summed E-state index contributed by atoms with van der Waals surface area (Å²) in [6.07, 6.45) is -10.4. The van der Waals surface area contributed by atoms with E-state index in [2.05, 4.69) is 25.2 Å². The van der Waals surface area contributed by atoms with Gasteiger partial charge < -0.3 is 24.8 Å². The topological polar surface area (TPSA) is 143 Å². The Morgan fingerprint density at radius 3 is 2.52 bits per heavy atom. The monoisotopic (exact) mass is 654 g/mol. The number of hydrogen-bond donors (Lipinski definition) is 4. The van der Waals surface area contributed by atoms with Gasteiger partial charge in [-0.15, -0.1) is 18.3 Å². The Labute approximate surface area is 246 Å². The van der Waals surface area contributed by atoms with Gasteiger partial charge in [0.2, 0.25) is 0 Å². The van der Waals surface area contributed by atoms with E-state index in [-0.39, 0.29) is 32.6 Å². The molecular formula is C23H17Cl2F5N6O5S. The molecule has 4 N–H and O–H groups in total. The van der Waals surface area contributed by atoms with Crippen LogP contribution in [0.5, 0.6) is 5.75 Å². The molecule has 0 unspecified atom stereocenters. The SMILES string of the molecule is OC[C@H]1O[C@@H](c2n[nH]c(=S)n2-c2cc(Cl)ccc2OC(F)(F)F)[C@H](O)[C@@H](n2cc(-c3ccc(Cl)c(F)c3F)nn2)[C@H]1O. The third-order valence-electron chi connectivity index (χ3n) is 6.36. The van der Waals surface area contributed by atoms with Crippen LogP contribution in [0.4, 0.5) is 22.0 Å². The summed E-state index contributed by atoms with van der Waals surface area (Å²) >= 11 is 16.9. The molecule has 1 saturated heterocycles. The van der Waals surface area contributed by atoms with Gasteiger partial charge in [0.1, 0.15) is 36.2 Å². The Bertz CT molecular complexity index is 1680. The third-order valence-corrected chi connectivity index (χ3v) is 7.16. The number of benzene rings is 2. The first kappa shape index (κ1) is 30.3. The van der Waals surface area contributed by atoms with Crippen molar-refractivity contribution in [3.8, 4) is 22.7 Å². The number of aliphatic hydroxyl groups excluding tert-OH is 3. The zero-order valence-electron chi connectivity index (χ0n) is 20.5. The molecule has 2 aromatic carbocycles. The zero-order chi connectivity index (χ0) is 30.5. The molecule has 0 spiro atoms. The number of ether oxygens (including phenoxy) is 2. The molecule has 0 bridgehead atoms. The van der Waals surface area contributed by atoms with E-state index in [1.807, 2.05) is 0 Å². The molecular weight excluding hydrogens is 638 g/mol. The number of aromatic nitrogens is 6. The summed E-state index contributed by atoms with van der Waals surface area (Å²) in [7, 11) is 0. The first-order valence-electron chi connectivity index (χ1n) is 11.7. The standard InChI is InChI=1S/C23H17Cl2F5N6O5S/c24-8-1-4-13(41-23(28,29)30)12(5-8)36-21(32-33-22(36)42)20-19(39)17(18(38)14(7-37)40-20)35-6-11(31-34-35)9-2-3-10(25)16(27)15(9)26/h1-6,14,17-20,37-39H,7H2,(H,33,42)/t14-,17+,18+,19-,20-/m1/s1. The van der Waals surface area contributed by atoms with Gasteiger partial charge in [0, 0.05) is 10.6 Å². The molecule has 4 aromatic rings. The maximum atomic E-state index is 14.5. The molecule has 2 aromatic heterocycles. The molecule has 0 amide bonds. The maximum absolute atomic E-state index is 14.5. The lowest BCUT2D eigenvalue weighted by molar-refractivity contribution is -0.274. The summed E-state index contributed by atoms with van der Waals surface area (Å²) in [5.74, 6) is -3.65. The highest BCUT2D eigenvalue weighted by Crippen LogP contribution is 2.40. The van der Waals surface area contributed by atoms with Crippen molar-refractivity contribution in [2.75, 3.05) is 6.61 Å². The molecule has 1 aliphatic rings. The minimum Gasteiger partial charge on any atom is -0.404 e. The van der Waals surface area contributed by atoms with Crippen LogP contribution in [0, 0.1) is 16.4 Å². The molecule has 0 radical (unpaired) electrons. The van der Waals surface area contributed by atoms with Crippen molar-refractivity contribution in [2.24, 2.45) is 0 Å². The van der Waals surface area contributed by atoms with Crippen LogP contribution in [0.2, 0.25) is 10.0 Å². The van der Waals surface area contributed by atoms with Crippen molar-refractivity contribution in [2.45, 2.75) is 36.8 Å². The predicted molar refractivity (Wildman–Crippen MR) is 137 cm³/mol. The van der Waals surface area contributed by atoms with Gasteiger partial charge in [0.25, 0.3) is 0 Å². The minimum atomic E-state index is -5.09. The van der Waals surface area contributed by atoms with E-state index in [1.165, 1.54) is 0 Å². The van der Waals surface area contributed by atoms with Crippen LogP contribution >= 0.6 is 35.4 Å². The van der Waals surface area contributed by atoms with Crippen molar-refractivity contribution in [1.82, 2.24) is 29.8 Å². The summed E-state index contributed by atoms with van der Waals surface area (Å²) in [6.45, 7) is -0.787. The number of hydrogen-bond acceptors (Lipinski definition) is 9. The fourth-order valence-electron chi connectivity index (χ4n) is 4.51. The van der Waals surface area contributed by atoms with Gasteiger partial charge in [0.15, 0.2) is 28.0 Å². The summed E-state index contributed by atoms with van der Waals surface area (Å²) in [4.78, 5) is 0. The van der Waals surface area contributed by atoms with Crippen LogP contribution in [0.15, 0.2) is 36.5 Å². The molecule has 3 heterocycles. The summed E-state index contributed by atoms with van der Waals surface area (Å²) in [5.41, 5.74) is -0.842. The quantitative estimate of drug-likeness (QED) is 0.137. The highest BCUT2D eigenvalue weighted by molar-refractivity contribution is 7.71. The van der Waals surface area contributed by atoms with Crippen LogP contribution in [0.25, 0.3) is 16.9 Å². The Hall–Kier alpha value is -3.19. The highest BCUT2D eigenvalue weighted by atomic mass is 35.5. The average Bonchev–Trinajstić information content (AvgIpc) is 3.55. The molecule has 1 fully saturated rings. The number of alkyl halides is 3. The molecule has 11 nitrogen and oxygen atoms in total. The normalized spacial score (nSPS) is 22.9. The minimum absolute atomic E-state index is 0.00114. The number of nitrogens with zero attached hydrogens (tertiary/aromatic N) is 5. The molecule has 5 rings (SSSR count). The van der Waals surface area contributed by atoms with Crippen molar-refractivity contribution in [3.63, 3.8) is 0 Å². The lowest BCUT2D eigenvalue weighted by Gasteiger charge is -2.41. The van der Waals surface area contributed by atoms with E-state index in [0.29, 0.717) is 0 Å². The van der Waals surface area contributed by atoms with E-state index < -0.39 is 65.8 Å². The van der Waals surface area contributed by atoms with Crippen molar-refractivity contribution < 1.29 is 46.7 Å². The first-order valence-corrected chi connectivity index (χ1v) is 12.9. The fourth-order valence-corrected chi connectivity index (χ4v) is 5.06. The van der Waals surface area contributed by atoms with Crippen molar-refractivity contribution >= 4 is 35.4 Å². The van der Waals surface area contributed by atoms with Gasteiger partial charge >= 0.3 is 6.36 Å². The lowest BCUT2D eigenvalue weighted by atomic mass is 9.92. The highest BCUT2D eigenvalue weighted by Gasteiger charge is 2.48. The Kier molecular flexibility index (Phi) is 8.27. The van der Waals surface area contributed by atoms with Gasteiger partial charge in [-0.25, -0.2) is 13.5 Å². The smallest absolute Gasteiger partial charge is 0.404 e. The van der Waals surface area contributed by atoms with Crippen molar-refractivity contribution in [3.05, 3.63) is 68.8 Å². The zero-order valence-corrected chi connectivity index (χ0v) is 22.8. The van der Waals surface area contributed by atoms with Crippen LogP contribution in [-0.2, 0) is 4.74 Å². The lowest BCUT2D eigenvalue weighted by Crippen LogP contribution is -2.53. The number of halogens is 7. The second kappa shape index (κ2) is 11.5. The van der Waals surface area contributed by atoms with E-state index in [0.717, 1.165) is 45.8 Å². The number of H-pyrrole nitrogens is 1. The Morgan fingerprint density at radius 2 is 1.83 bits per heavy atom. The molecule has 5 atom stereocenters. The fraction of sp³-hybridized carbons (Fsp3) is 0.304. The maximum Gasteiger partial charge on any atom is 0.573 e. The predicted octanol–water partition coefficient (Wildman–Crippen LogP) is 4.07. The Morgan fingerprint density at radius 1 is 1.10 bits per heavy atom. The number of rotatable bonds is 6. The van der Waals surface area contributed by atoms with Gasteiger partial charge in [-0.1, -0.05) is 28.4 Å². The number of aliphatic hydroxyl groups is 3. The van der Waals surface area contributed by atoms with Crippen LogP contribution < -0.4 is 4.74 Å². The van der Waals surface area contributed by atoms with Gasteiger partial charge in [-0.2, -0.15) is 5.10 Å². The molecule has 224 valence electrons. The second-order valence-corrected chi connectivity index (χ2v) is 10.2. The van der Waals surface area contributed by atoms with Gasteiger partial charge in [-0.3, -0.25) is 9.67 Å². The summed E-state index contributed by atoms with van der Waals surface area (Å²) < 4.78 is 79.5. The van der Waals surface area contributed by atoms with Crippen molar-refractivity contribution in [1.29, 1.82) is 0 Å². The van der Waals surface area contributed by atoms with E-state index in [4.69, 9.17) is 40.2 Å².